The Morgan fingerprint density at radius 2 is 2.17 bits per heavy atom. The minimum Gasteiger partial charge on any atom is -0.355 e. The molecule has 2 saturated heterocycles. The van der Waals surface area contributed by atoms with Crippen molar-refractivity contribution in [3.63, 3.8) is 0 Å². The molecule has 5 nitrogen and oxygen atoms in total. The molecule has 0 aromatic carbocycles. The molecule has 1 amide bonds. The monoisotopic (exact) mass is 312 g/mol. The van der Waals surface area contributed by atoms with Crippen molar-refractivity contribution in [2.75, 3.05) is 19.6 Å². The molecular weight excluding hydrogens is 288 g/mol. The van der Waals surface area contributed by atoms with Gasteiger partial charge in [0, 0.05) is 63.0 Å². The van der Waals surface area contributed by atoms with Crippen molar-refractivity contribution in [3.05, 3.63) is 29.6 Å². The topological polar surface area (TPSA) is 50.2 Å². The largest absolute Gasteiger partial charge is 0.355 e. The number of rotatable bonds is 3. The zero-order valence-corrected chi connectivity index (χ0v) is 14.1. The third kappa shape index (κ3) is 2.43. The fourth-order valence-corrected chi connectivity index (χ4v) is 4.01. The summed E-state index contributed by atoms with van der Waals surface area (Å²) in [5.41, 5.74) is 5.08. The third-order valence-electron chi connectivity index (χ3n) is 5.30. The summed E-state index contributed by atoms with van der Waals surface area (Å²) in [6, 6.07) is 2.26. The predicted molar refractivity (Wildman–Crippen MR) is 90.1 cm³/mol. The van der Waals surface area contributed by atoms with Gasteiger partial charge in [-0.05, 0) is 17.5 Å². The van der Waals surface area contributed by atoms with Gasteiger partial charge >= 0.3 is 0 Å². The SMILES string of the molecule is CC(C)c1cnc2c(CN3CC4(CNC(=O)C4)C3)cn(C)c2c1. The van der Waals surface area contributed by atoms with Crippen LogP contribution < -0.4 is 5.32 Å². The van der Waals surface area contributed by atoms with Crippen LogP contribution in [0.3, 0.4) is 0 Å². The van der Waals surface area contributed by atoms with Crippen LogP contribution in [-0.2, 0) is 18.4 Å². The molecule has 2 aliphatic heterocycles. The zero-order chi connectivity index (χ0) is 16.2. The molecule has 4 heterocycles. The summed E-state index contributed by atoms with van der Waals surface area (Å²) in [7, 11) is 2.09. The Bertz CT molecular complexity index is 771. The average Bonchev–Trinajstić information content (AvgIpc) is 3.00. The van der Waals surface area contributed by atoms with Crippen LogP contribution in [0.1, 0.15) is 37.3 Å². The first-order chi connectivity index (χ1) is 11.0. The van der Waals surface area contributed by atoms with Crippen LogP contribution in [0.4, 0.5) is 0 Å². The van der Waals surface area contributed by atoms with Gasteiger partial charge in [0.15, 0.2) is 0 Å². The summed E-state index contributed by atoms with van der Waals surface area (Å²) >= 11 is 0. The lowest BCUT2D eigenvalue weighted by Crippen LogP contribution is -2.56. The number of hydrogen-bond donors (Lipinski definition) is 1. The van der Waals surface area contributed by atoms with Gasteiger partial charge in [-0.3, -0.25) is 14.7 Å². The summed E-state index contributed by atoms with van der Waals surface area (Å²) < 4.78 is 2.18. The van der Waals surface area contributed by atoms with Gasteiger partial charge in [-0.25, -0.2) is 0 Å². The highest BCUT2D eigenvalue weighted by Crippen LogP contribution is 2.38. The van der Waals surface area contributed by atoms with Crippen LogP contribution in [0.2, 0.25) is 0 Å². The van der Waals surface area contributed by atoms with E-state index in [4.69, 9.17) is 4.98 Å². The number of carbonyl (C=O) groups is 1. The number of aryl methyl sites for hydroxylation is 1. The van der Waals surface area contributed by atoms with E-state index in [0.29, 0.717) is 12.3 Å². The van der Waals surface area contributed by atoms with Gasteiger partial charge in [0.25, 0.3) is 0 Å². The molecule has 0 aliphatic carbocycles. The van der Waals surface area contributed by atoms with Crippen LogP contribution in [0.25, 0.3) is 11.0 Å². The molecule has 2 fully saturated rings. The van der Waals surface area contributed by atoms with Crippen molar-refractivity contribution < 1.29 is 4.79 Å². The van der Waals surface area contributed by atoms with E-state index in [-0.39, 0.29) is 11.3 Å². The number of pyridine rings is 1. The molecule has 2 aromatic rings. The third-order valence-corrected chi connectivity index (χ3v) is 5.30. The Balaban J connectivity index is 1.53. The molecule has 2 aliphatic rings. The Morgan fingerprint density at radius 3 is 2.83 bits per heavy atom. The van der Waals surface area contributed by atoms with Crippen molar-refractivity contribution in [2.45, 2.75) is 32.7 Å². The molecule has 0 saturated carbocycles. The van der Waals surface area contributed by atoms with Crippen LogP contribution >= 0.6 is 0 Å². The Morgan fingerprint density at radius 1 is 1.39 bits per heavy atom. The van der Waals surface area contributed by atoms with Gasteiger partial charge < -0.3 is 9.88 Å². The second kappa shape index (κ2) is 5.06. The first-order valence-corrected chi connectivity index (χ1v) is 8.39. The number of nitrogens with zero attached hydrogens (tertiary/aromatic N) is 3. The minimum absolute atomic E-state index is 0.194. The highest BCUT2D eigenvalue weighted by atomic mass is 16.1. The lowest BCUT2D eigenvalue weighted by Gasteiger charge is -2.47. The summed E-state index contributed by atoms with van der Waals surface area (Å²) in [5, 5.41) is 2.97. The zero-order valence-electron chi connectivity index (χ0n) is 14.1. The second-order valence-electron chi connectivity index (χ2n) is 7.65. The molecule has 0 unspecified atom stereocenters. The fraction of sp³-hybridized carbons (Fsp3) is 0.556. The second-order valence-corrected chi connectivity index (χ2v) is 7.65. The first-order valence-electron chi connectivity index (χ1n) is 8.39. The molecule has 2 aromatic heterocycles. The number of aromatic nitrogens is 2. The molecule has 5 heteroatoms. The van der Waals surface area contributed by atoms with Gasteiger partial charge in [0.05, 0.1) is 11.0 Å². The lowest BCUT2D eigenvalue weighted by molar-refractivity contribution is -0.120. The van der Waals surface area contributed by atoms with E-state index in [0.717, 1.165) is 31.7 Å². The van der Waals surface area contributed by atoms with Crippen LogP contribution in [0, 0.1) is 5.41 Å². The van der Waals surface area contributed by atoms with E-state index in [9.17, 15) is 4.79 Å². The van der Waals surface area contributed by atoms with Crippen LogP contribution in [-0.4, -0.2) is 40.0 Å². The summed E-state index contributed by atoms with van der Waals surface area (Å²) in [6.45, 7) is 8.17. The van der Waals surface area contributed by atoms with Crippen molar-refractivity contribution in [1.82, 2.24) is 19.8 Å². The maximum absolute atomic E-state index is 11.4. The Kier molecular flexibility index (Phi) is 3.23. The van der Waals surface area contributed by atoms with E-state index in [1.165, 1.54) is 16.6 Å². The number of amides is 1. The molecule has 0 radical (unpaired) electrons. The van der Waals surface area contributed by atoms with Crippen LogP contribution in [0.15, 0.2) is 18.5 Å². The first kappa shape index (κ1) is 14.7. The average molecular weight is 312 g/mol. The molecule has 0 atom stereocenters. The normalized spacial score (nSPS) is 20.4. The van der Waals surface area contributed by atoms with E-state index < -0.39 is 0 Å². The van der Waals surface area contributed by atoms with Crippen molar-refractivity contribution in [2.24, 2.45) is 12.5 Å². The van der Waals surface area contributed by atoms with Gasteiger partial charge in [0.2, 0.25) is 5.91 Å². The highest BCUT2D eigenvalue weighted by molar-refractivity contribution is 5.81. The van der Waals surface area contributed by atoms with Crippen LogP contribution in [0.5, 0.6) is 0 Å². The number of carbonyl (C=O) groups excluding carboxylic acids is 1. The molecule has 1 N–H and O–H groups in total. The summed E-state index contributed by atoms with van der Waals surface area (Å²) in [4.78, 5) is 18.6. The molecular formula is C18H24N4O. The maximum atomic E-state index is 11.4. The van der Waals surface area contributed by atoms with E-state index in [1.54, 1.807) is 0 Å². The molecule has 4 rings (SSSR count). The number of nitrogens with one attached hydrogen (secondary N) is 1. The summed E-state index contributed by atoms with van der Waals surface area (Å²) in [5.74, 6) is 0.700. The number of likely N-dealkylation sites (tertiary alicyclic amines) is 1. The van der Waals surface area contributed by atoms with E-state index in [2.05, 4.69) is 47.9 Å². The maximum Gasteiger partial charge on any atom is 0.220 e. The highest BCUT2D eigenvalue weighted by Gasteiger charge is 2.47. The van der Waals surface area contributed by atoms with Gasteiger partial charge in [0.1, 0.15) is 0 Å². The molecule has 122 valence electrons. The molecule has 23 heavy (non-hydrogen) atoms. The van der Waals surface area contributed by atoms with Crippen molar-refractivity contribution in [1.29, 1.82) is 0 Å². The van der Waals surface area contributed by atoms with E-state index >= 15 is 0 Å². The smallest absolute Gasteiger partial charge is 0.220 e. The van der Waals surface area contributed by atoms with Crippen molar-refractivity contribution in [3.8, 4) is 0 Å². The standard InChI is InChI=1S/C18H24N4O/c1-12(2)13-4-15-17(19-6-13)14(7-21(15)3)8-22-10-18(11-22)5-16(23)20-9-18/h4,6-7,12H,5,8-11H2,1-3H3,(H,20,23). The van der Waals surface area contributed by atoms with Gasteiger partial charge in [-0.1, -0.05) is 13.8 Å². The molecule has 0 bridgehead atoms. The minimum atomic E-state index is 0.194. The Labute approximate surface area is 136 Å². The lowest BCUT2D eigenvalue weighted by atomic mass is 9.79. The predicted octanol–water partition coefficient (Wildman–Crippen LogP) is 2.02. The fourth-order valence-electron chi connectivity index (χ4n) is 4.01. The van der Waals surface area contributed by atoms with Crippen molar-refractivity contribution >= 4 is 16.9 Å². The summed E-state index contributed by atoms with van der Waals surface area (Å²) in [6.07, 6.45) is 4.90. The number of hydrogen-bond acceptors (Lipinski definition) is 3. The quantitative estimate of drug-likeness (QED) is 0.943. The Hall–Kier alpha value is -1.88. The van der Waals surface area contributed by atoms with Gasteiger partial charge in [-0.2, -0.15) is 0 Å². The van der Waals surface area contributed by atoms with Gasteiger partial charge in [-0.15, -0.1) is 0 Å². The van der Waals surface area contributed by atoms with E-state index in [1.807, 2.05) is 6.20 Å². The molecule has 1 spiro atoms. The number of fused-ring (bicyclic) bond motifs is 1.